The second kappa shape index (κ2) is 6.73. The van der Waals surface area contributed by atoms with Gasteiger partial charge in [0, 0.05) is 28.5 Å². The van der Waals surface area contributed by atoms with Crippen LogP contribution in [0.25, 0.3) is 0 Å². The number of benzene rings is 1. The molecule has 0 saturated carbocycles. The number of aromatic nitrogens is 2. The fourth-order valence-corrected chi connectivity index (χ4v) is 3.64. The Morgan fingerprint density at radius 2 is 2.00 bits per heavy atom. The van der Waals surface area contributed by atoms with E-state index < -0.39 is 0 Å². The van der Waals surface area contributed by atoms with Gasteiger partial charge in [0.15, 0.2) is 0 Å². The Kier molecular flexibility index (Phi) is 5.45. The summed E-state index contributed by atoms with van der Waals surface area (Å²) in [5.74, 6) is 0. The van der Waals surface area contributed by atoms with E-state index in [1.165, 1.54) is 11.3 Å². The Hall–Kier alpha value is -0.170. The van der Waals surface area contributed by atoms with Crippen LogP contribution >= 0.6 is 47.8 Å². The second-order valence-corrected chi connectivity index (χ2v) is 7.24. The van der Waals surface area contributed by atoms with Gasteiger partial charge in [-0.3, -0.25) is 4.68 Å². The van der Waals surface area contributed by atoms with Crippen LogP contribution in [-0.4, -0.2) is 16.8 Å². The van der Waals surface area contributed by atoms with Crippen LogP contribution in [-0.2, 0) is 13.5 Å². The summed E-state index contributed by atoms with van der Waals surface area (Å²) in [6, 6.07) is 6.45. The molecule has 0 bridgehead atoms. The molecular weight excluding hydrogens is 450 g/mol. The van der Waals surface area contributed by atoms with Crippen molar-refractivity contribution in [3.63, 3.8) is 0 Å². The topological polar surface area (TPSA) is 29.9 Å². The molecule has 3 nitrogen and oxygen atoms in total. The molecule has 6 heteroatoms. The van der Waals surface area contributed by atoms with Crippen LogP contribution in [0.2, 0.25) is 0 Å². The number of likely N-dealkylation sites (N-methyl/N-ethyl adjacent to an activating group) is 1. The molecule has 0 aliphatic rings. The third-order valence-electron chi connectivity index (χ3n) is 3.34. The zero-order chi connectivity index (χ0) is 14.9. The lowest BCUT2D eigenvalue weighted by molar-refractivity contribution is 0.558. The van der Waals surface area contributed by atoms with E-state index >= 15 is 0 Å². The Bertz CT molecular complexity index is 622. The van der Waals surface area contributed by atoms with Gasteiger partial charge in [0.05, 0.1) is 15.9 Å². The summed E-state index contributed by atoms with van der Waals surface area (Å²) < 4.78 is 5.22. The van der Waals surface area contributed by atoms with Crippen LogP contribution in [0.1, 0.15) is 23.0 Å². The Morgan fingerprint density at radius 3 is 2.55 bits per heavy atom. The van der Waals surface area contributed by atoms with Crippen molar-refractivity contribution in [3.05, 3.63) is 48.6 Å². The van der Waals surface area contributed by atoms with Gasteiger partial charge in [-0.1, -0.05) is 31.9 Å². The normalized spacial score (nSPS) is 12.7. The van der Waals surface area contributed by atoms with Crippen molar-refractivity contribution in [2.75, 3.05) is 7.05 Å². The van der Waals surface area contributed by atoms with Gasteiger partial charge in [-0.05, 0) is 53.7 Å². The van der Waals surface area contributed by atoms with Crippen molar-refractivity contribution < 1.29 is 0 Å². The second-order valence-electron chi connectivity index (χ2n) is 4.68. The molecule has 0 fully saturated rings. The number of halogens is 3. The fourth-order valence-electron chi connectivity index (χ4n) is 2.24. The van der Waals surface area contributed by atoms with Crippen LogP contribution in [0.4, 0.5) is 0 Å². The van der Waals surface area contributed by atoms with E-state index in [0.29, 0.717) is 0 Å². The molecule has 1 unspecified atom stereocenters. The monoisotopic (exact) mass is 463 g/mol. The van der Waals surface area contributed by atoms with E-state index in [1.54, 1.807) is 0 Å². The number of aryl methyl sites for hydroxylation is 2. The van der Waals surface area contributed by atoms with Gasteiger partial charge in [-0.25, -0.2) is 0 Å². The van der Waals surface area contributed by atoms with E-state index in [2.05, 4.69) is 70.3 Å². The van der Waals surface area contributed by atoms with Crippen molar-refractivity contribution in [2.24, 2.45) is 7.05 Å². The van der Waals surface area contributed by atoms with Crippen LogP contribution in [0.3, 0.4) is 0 Å². The molecule has 0 spiro atoms. The molecule has 20 heavy (non-hydrogen) atoms. The number of hydrogen-bond acceptors (Lipinski definition) is 2. The lowest BCUT2D eigenvalue weighted by Crippen LogP contribution is -2.20. The maximum atomic E-state index is 4.45. The van der Waals surface area contributed by atoms with Crippen LogP contribution < -0.4 is 5.32 Å². The smallest absolute Gasteiger partial charge is 0.0738 e. The summed E-state index contributed by atoms with van der Waals surface area (Å²) in [6.07, 6.45) is 0.865. The first-order valence-electron chi connectivity index (χ1n) is 6.24. The summed E-state index contributed by atoms with van der Waals surface area (Å²) in [6.45, 7) is 2.01. The van der Waals surface area contributed by atoms with Gasteiger partial charge in [-0.2, -0.15) is 5.10 Å². The molecule has 0 saturated heterocycles. The fraction of sp³-hybridized carbons (Fsp3) is 0.357. The van der Waals surface area contributed by atoms with Gasteiger partial charge in [0.1, 0.15) is 0 Å². The molecule has 0 aliphatic heterocycles. The Labute approximate surface area is 144 Å². The molecule has 2 rings (SSSR count). The first-order chi connectivity index (χ1) is 9.43. The zero-order valence-electron chi connectivity index (χ0n) is 11.5. The number of nitrogens with one attached hydrogen (secondary N) is 1. The molecule has 2 aromatic rings. The van der Waals surface area contributed by atoms with E-state index in [4.69, 9.17) is 0 Å². The van der Waals surface area contributed by atoms with Crippen LogP contribution in [0.5, 0.6) is 0 Å². The third kappa shape index (κ3) is 3.35. The van der Waals surface area contributed by atoms with Crippen molar-refractivity contribution in [3.8, 4) is 0 Å². The maximum absolute atomic E-state index is 4.45. The van der Waals surface area contributed by atoms with Crippen LogP contribution in [0, 0.1) is 6.92 Å². The standard InChI is InChI=1S/C14H16Br3N3/c1-8-14(17)13(20(3)19-8)7-12(18-2)10-6-9(15)4-5-11(10)16/h4-6,12,18H,7H2,1-3H3. The predicted molar refractivity (Wildman–Crippen MR) is 93.0 cm³/mol. The minimum absolute atomic E-state index is 0.216. The molecule has 0 radical (unpaired) electrons. The quantitative estimate of drug-likeness (QED) is 0.719. The average molecular weight is 466 g/mol. The van der Waals surface area contributed by atoms with Gasteiger partial charge >= 0.3 is 0 Å². The molecule has 0 amide bonds. The molecule has 1 aromatic heterocycles. The number of nitrogens with zero attached hydrogens (tertiary/aromatic N) is 2. The summed E-state index contributed by atoms with van der Waals surface area (Å²) in [5.41, 5.74) is 3.44. The van der Waals surface area contributed by atoms with Gasteiger partial charge in [-0.15, -0.1) is 0 Å². The average Bonchev–Trinajstić information content (AvgIpc) is 2.65. The highest BCUT2D eigenvalue weighted by Crippen LogP contribution is 2.31. The summed E-state index contributed by atoms with van der Waals surface area (Å²) in [5, 5.41) is 7.84. The summed E-state index contributed by atoms with van der Waals surface area (Å²) in [4.78, 5) is 0. The molecule has 0 aliphatic carbocycles. The predicted octanol–water partition coefficient (Wildman–Crippen LogP) is 4.52. The summed E-state index contributed by atoms with van der Waals surface area (Å²) >= 11 is 10.8. The highest BCUT2D eigenvalue weighted by atomic mass is 79.9. The molecule has 1 heterocycles. The minimum Gasteiger partial charge on any atom is -0.313 e. The molecule has 1 N–H and O–H groups in total. The molecule has 1 aromatic carbocycles. The Morgan fingerprint density at radius 1 is 1.30 bits per heavy atom. The number of rotatable bonds is 4. The number of hydrogen-bond donors (Lipinski definition) is 1. The lowest BCUT2D eigenvalue weighted by atomic mass is 10.0. The summed E-state index contributed by atoms with van der Waals surface area (Å²) in [7, 11) is 3.96. The first kappa shape index (κ1) is 16.2. The van der Waals surface area contributed by atoms with Crippen molar-refractivity contribution in [2.45, 2.75) is 19.4 Å². The van der Waals surface area contributed by atoms with Gasteiger partial charge in [0.2, 0.25) is 0 Å². The van der Waals surface area contributed by atoms with Gasteiger partial charge in [0.25, 0.3) is 0 Å². The van der Waals surface area contributed by atoms with E-state index in [0.717, 1.165) is 25.5 Å². The van der Waals surface area contributed by atoms with E-state index in [-0.39, 0.29) is 6.04 Å². The minimum atomic E-state index is 0.216. The Balaban J connectivity index is 2.36. The SMILES string of the molecule is CNC(Cc1c(Br)c(C)nn1C)c1cc(Br)ccc1Br. The molecule has 108 valence electrons. The van der Waals surface area contributed by atoms with Crippen molar-refractivity contribution in [1.82, 2.24) is 15.1 Å². The van der Waals surface area contributed by atoms with Crippen LogP contribution in [0.15, 0.2) is 31.6 Å². The largest absolute Gasteiger partial charge is 0.313 e. The highest BCUT2D eigenvalue weighted by molar-refractivity contribution is 9.11. The molecule has 1 atom stereocenters. The lowest BCUT2D eigenvalue weighted by Gasteiger charge is -2.19. The van der Waals surface area contributed by atoms with E-state index in [9.17, 15) is 0 Å². The van der Waals surface area contributed by atoms with Crippen molar-refractivity contribution >= 4 is 47.8 Å². The zero-order valence-corrected chi connectivity index (χ0v) is 16.3. The van der Waals surface area contributed by atoms with Gasteiger partial charge < -0.3 is 5.32 Å². The van der Waals surface area contributed by atoms with E-state index in [1.807, 2.05) is 31.8 Å². The highest BCUT2D eigenvalue weighted by Gasteiger charge is 2.19. The van der Waals surface area contributed by atoms with Crippen molar-refractivity contribution in [1.29, 1.82) is 0 Å². The molecular formula is C14H16Br3N3. The first-order valence-corrected chi connectivity index (χ1v) is 8.62. The maximum Gasteiger partial charge on any atom is 0.0738 e. The third-order valence-corrected chi connectivity index (χ3v) is 5.59.